The Balaban J connectivity index is 2.16. The lowest BCUT2D eigenvalue weighted by atomic mass is 10.1. The van der Waals surface area contributed by atoms with Crippen LogP contribution in [0.25, 0.3) is 0 Å². The molecule has 1 atom stereocenters. The quantitative estimate of drug-likeness (QED) is 0.786. The van der Waals surface area contributed by atoms with Crippen LogP contribution in [0, 0.1) is 12.8 Å². The first-order chi connectivity index (χ1) is 8.08. The van der Waals surface area contributed by atoms with Gasteiger partial charge in [0.2, 0.25) is 0 Å². The van der Waals surface area contributed by atoms with Crippen LogP contribution in [0.3, 0.4) is 0 Å². The summed E-state index contributed by atoms with van der Waals surface area (Å²) in [5.41, 5.74) is 0.994. The van der Waals surface area contributed by atoms with Crippen LogP contribution in [0.5, 0.6) is 0 Å². The lowest BCUT2D eigenvalue weighted by Crippen LogP contribution is -2.27. The van der Waals surface area contributed by atoms with Gasteiger partial charge in [0.15, 0.2) is 0 Å². The van der Waals surface area contributed by atoms with Crippen LogP contribution in [-0.2, 0) is 4.74 Å². The molecule has 0 amide bonds. The summed E-state index contributed by atoms with van der Waals surface area (Å²) in [6, 6.07) is 6.86. The van der Waals surface area contributed by atoms with E-state index >= 15 is 0 Å². The van der Waals surface area contributed by atoms with Crippen molar-refractivity contribution in [3.8, 4) is 0 Å². The Morgan fingerprint density at radius 3 is 2.76 bits per heavy atom. The number of hydrogen-bond donors (Lipinski definition) is 0. The van der Waals surface area contributed by atoms with Crippen molar-refractivity contribution in [2.24, 2.45) is 10.9 Å². The van der Waals surface area contributed by atoms with Crippen LogP contribution in [-0.4, -0.2) is 30.7 Å². The molecule has 1 aliphatic heterocycles. The molecule has 2 rings (SSSR count). The predicted molar refractivity (Wildman–Crippen MR) is 69.4 cm³/mol. The summed E-state index contributed by atoms with van der Waals surface area (Å²) in [7, 11) is 1.93. The first-order valence-corrected chi connectivity index (χ1v) is 5.96. The Labute approximate surface area is 102 Å². The topological polar surface area (TPSA) is 37.7 Å². The second kappa shape index (κ2) is 4.73. The smallest absolute Gasteiger partial charge is 0.293 e. The Bertz CT molecular complexity index is 428. The molecule has 0 radical (unpaired) electrons. The minimum atomic E-state index is 0.261. The van der Waals surface area contributed by atoms with E-state index in [0.29, 0.717) is 18.5 Å². The van der Waals surface area contributed by atoms with Crippen molar-refractivity contribution in [3.63, 3.8) is 0 Å². The zero-order valence-electron chi connectivity index (χ0n) is 10.8. The molecule has 0 aliphatic carbocycles. The molecule has 0 N–H and O–H groups in total. The Hall–Kier alpha value is -1.58. The zero-order valence-corrected chi connectivity index (χ0v) is 10.8. The number of rotatable bonds is 2. The van der Waals surface area contributed by atoms with E-state index in [9.17, 15) is 0 Å². The molecule has 4 heteroatoms. The summed E-state index contributed by atoms with van der Waals surface area (Å²) in [5, 5.41) is 0. The highest BCUT2D eigenvalue weighted by molar-refractivity contribution is 5.91. The molecule has 2 heterocycles. The molecule has 0 saturated carbocycles. The van der Waals surface area contributed by atoms with Crippen molar-refractivity contribution in [3.05, 3.63) is 23.9 Å². The lowest BCUT2D eigenvalue weighted by Gasteiger charge is -2.16. The van der Waals surface area contributed by atoms with E-state index in [4.69, 9.17) is 4.74 Å². The fourth-order valence-corrected chi connectivity index (χ4v) is 1.71. The molecular weight excluding hydrogens is 214 g/mol. The van der Waals surface area contributed by atoms with Crippen LogP contribution < -0.4 is 4.90 Å². The van der Waals surface area contributed by atoms with Crippen molar-refractivity contribution in [2.45, 2.75) is 26.8 Å². The fraction of sp³-hybridized carbons (Fsp3) is 0.538. The summed E-state index contributed by atoms with van der Waals surface area (Å²) < 4.78 is 5.62. The number of aromatic nitrogens is 1. The van der Waals surface area contributed by atoms with Crippen molar-refractivity contribution in [1.29, 1.82) is 0 Å². The average molecular weight is 233 g/mol. The third kappa shape index (κ3) is 2.57. The van der Waals surface area contributed by atoms with Crippen molar-refractivity contribution < 1.29 is 4.74 Å². The highest BCUT2D eigenvalue weighted by Gasteiger charge is 2.25. The molecule has 4 nitrogen and oxygen atoms in total. The van der Waals surface area contributed by atoms with E-state index < -0.39 is 0 Å². The Morgan fingerprint density at radius 2 is 2.18 bits per heavy atom. The summed E-state index contributed by atoms with van der Waals surface area (Å²) >= 11 is 0. The highest BCUT2D eigenvalue weighted by Crippen LogP contribution is 2.18. The normalized spacial score (nSPS) is 19.1. The van der Waals surface area contributed by atoms with Crippen LogP contribution in [0.15, 0.2) is 23.2 Å². The van der Waals surface area contributed by atoms with Crippen LogP contribution in [0.2, 0.25) is 0 Å². The molecule has 0 fully saturated rings. The van der Waals surface area contributed by atoms with Gasteiger partial charge in [-0.2, -0.15) is 0 Å². The van der Waals surface area contributed by atoms with Crippen molar-refractivity contribution in [1.82, 2.24) is 4.98 Å². The third-order valence-electron chi connectivity index (χ3n) is 2.93. The number of aliphatic imine (C=N–C) groups is 1. The van der Waals surface area contributed by atoms with Gasteiger partial charge in [0.05, 0.1) is 6.04 Å². The van der Waals surface area contributed by atoms with Crippen LogP contribution in [0.4, 0.5) is 5.82 Å². The van der Waals surface area contributed by atoms with Crippen molar-refractivity contribution >= 4 is 11.8 Å². The molecule has 1 aromatic rings. The van der Waals surface area contributed by atoms with Gasteiger partial charge in [-0.05, 0) is 25.0 Å². The monoisotopic (exact) mass is 233 g/mol. The summed E-state index contributed by atoms with van der Waals surface area (Å²) in [6.45, 7) is 6.96. The number of ether oxygens (including phenoxy) is 1. The maximum atomic E-state index is 5.62. The number of anilines is 1. The minimum Gasteiger partial charge on any atom is -0.463 e. The number of hydrogen-bond acceptors (Lipinski definition) is 4. The fourth-order valence-electron chi connectivity index (χ4n) is 1.71. The molecule has 0 unspecified atom stereocenters. The second-order valence-corrected chi connectivity index (χ2v) is 4.73. The molecule has 1 aromatic heterocycles. The summed E-state index contributed by atoms with van der Waals surface area (Å²) in [6.07, 6.45) is 0. The summed E-state index contributed by atoms with van der Waals surface area (Å²) in [5.74, 6) is 1.37. The maximum Gasteiger partial charge on any atom is 0.293 e. The third-order valence-corrected chi connectivity index (χ3v) is 2.93. The van der Waals surface area contributed by atoms with Gasteiger partial charge in [0, 0.05) is 12.7 Å². The average Bonchev–Trinajstić information content (AvgIpc) is 2.77. The number of aryl methyl sites for hydroxylation is 1. The Kier molecular flexibility index (Phi) is 3.31. The molecule has 0 saturated heterocycles. The number of nitrogens with zero attached hydrogens (tertiary/aromatic N) is 3. The van der Waals surface area contributed by atoms with Gasteiger partial charge in [0.25, 0.3) is 6.02 Å². The van der Waals surface area contributed by atoms with Crippen LogP contribution >= 0.6 is 0 Å². The van der Waals surface area contributed by atoms with E-state index in [1.165, 1.54) is 0 Å². The first kappa shape index (κ1) is 11.9. The first-order valence-electron chi connectivity index (χ1n) is 5.96. The largest absolute Gasteiger partial charge is 0.463 e. The van der Waals surface area contributed by atoms with E-state index in [0.717, 1.165) is 11.5 Å². The molecular formula is C13H19N3O. The number of amidine groups is 1. The van der Waals surface area contributed by atoms with Gasteiger partial charge in [-0.1, -0.05) is 19.9 Å². The maximum absolute atomic E-state index is 5.62. The predicted octanol–water partition coefficient (Wildman–Crippen LogP) is 2.24. The van der Waals surface area contributed by atoms with Gasteiger partial charge in [-0.3, -0.25) is 4.90 Å². The van der Waals surface area contributed by atoms with Crippen molar-refractivity contribution in [2.75, 3.05) is 18.6 Å². The molecule has 0 aromatic carbocycles. The van der Waals surface area contributed by atoms with E-state index in [-0.39, 0.29) is 6.04 Å². The van der Waals surface area contributed by atoms with Gasteiger partial charge in [-0.25, -0.2) is 9.98 Å². The van der Waals surface area contributed by atoms with Gasteiger partial charge < -0.3 is 4.74 Å². The highest BCUT2D eigenvalue weighted by atomic mass is 16.5. The summed E-state index contributed by atoms with van der Waals surface area (Å²) in [4.78, 5) is 10.9. The number of pyridine rings is 1. The van der Waals surface area contributed by atoms with Gasteiger partial charge in [-0.15, -0.1) is 0 Å². The van der Waals surface area contributed by atoms with E-state index in [1.807, 2.05) is 37.1 Å². The molecule has 17 heavy (non-hydrogen) atoms. The van der Waals surface area contributed by atoms with E-state index in [1.54, 1.807) is 0 Å². The Morgan fingerprint density at radius 1 is 1.41 bits per heavy atom. The second-order valence-electron chi connectivity index (χ2n) is 4.73. The molecule has 92 valence electrons. The van der Waals surface area contributed by atoms with Crippen LogP contribution in [0.1, 0.15) is 19.5 Å². The zero-order chi connectivity index (χ0) is 12.4. The van der Waals surface area contributed by atoms with Gasteiger partial charge in [0.1, 0.15) is 12.4 Å². The minimum absolute atomic E-state index is 0.261. The van der Waals surface area contributed by atoms with Gasteiger partial charge >= 0.3 is 0 Å². The molecule has 0 spiro atoms. The SMILES string of the molecule is Cc1cccc(N(C)C2=N[C@@H](C(C)C)CO2)n1. The lowest BCUT2D eigenvalue weighted by molar-refractivity contribution is 0.287. The molecule has 1 aliphatic rings. The molecule has 0 bridgehead atoms. The van der Waals surface area contributed by atoms with E-state index in [2.05, 4.69) is 23.8 Å². The standard InChI is InChI=1S/C13H19N3O/c1-9(2)11-8-17-13(15-11)16(4)12-7-5-6-10(3)14-12/h5-7,9,11H,8H2,1-4H3/t11-/m1/s1.